The molecule has 0 spiro atoms. The molecule has 232 valence electrons. The maximum Gasteiger partial charge on any atom is 0.326 e. The summed E-state index contributed by atoms with van der Waals surface area (Å²) in [5, 5.41) is 28.3. The third-order valence-electron chi connectivity index (χ3n) is 7.48. The fourth-order valence-electron chi connectivity index (χ4n) is 4.70. The number of phenols is 1. The van der Waals surface area contributed by atoms with Crippen LogP contribution in [0.15, 0.2) is 54.7 Å². The summed E-state index contributed by atoms with van der Waals surface area (Å²) in [7, 11) is 0. The number of rotatable bonds is 16. The summed E-state index contributed by atoms with van der Waals surface area (Å²) in [4.78, 5) is 55.3. The summed E-state index contributed by atoms with van der Waals surface area (Å²) in [5.41, 5.74) is 8.52. The number of nitrogens with two attached hydrogens (primary N) is 1. The van der Waals surface area contributed by atoms with Crippen molar-refractivity contribution in [3.8, 4) is 5.75 Å². The monoisotopic (exact) mass is 611 g/mol. The molecule has 0 saturated heterocycles. The molecule has 0 radical (unpaired) electrons. The first kappa shape index (κ1) is 33.5. The van der Waals surface area contributed by atoms with E-state index >= 15 is 0 Å². The van der Waals surface area contributed by atoms with Crippen LogP contribution in [-0.4, -0.2) is 75.1 Å². The van der Waals surface area contributed by atoms with Crippen LogP contribution in [0.5, 0.6) is 5.75 Å². The van der Waals surface area contributed by atoms with Gasteiger partial charge in [-0.15, -0.1) is 0 Å². The molecule has 3 amide bonds. The van der Waals surface area contributed by atoms with Crippen LogP contribution in [-0.2, 0) is 32.0 Å². The molecule has 0 aliphatic heterocycles. The largest absolute Gasteiger partial charge is 0.508 e. The number of nitrogens with one attached hydrogen (secondary N) is 4. The molecule has 3 aromatic rings. The van der Waals surface area contributed by atoms with Crippen molar-refractivity contribution in [1.29, 1.82) is 0 Å². The van der Waals surface area contributed by atoms with E-state index < -0.39 is 47.9 Å². The Balaban J connectivity index is 1.81. The first-order chi connectivity index (χ1) is 20.5. The van der Waals surface area contributed by atoms with E-state index in [1.807, 2.05) is 37.4 Å². The van der Waals surface area contributed by atoms with Gasteiger partial charge in [0.15, 0.2) is 0 Å². The van der Waals surface area contributed by atoms with E-state index in [1.165, 1.54) is 23.9 Å². The second-order valence-electron chi connectivity index (χ2n) is 10.7. The predicted octanol–water partition coefficient (Wildman–Crippen LogP) is 2.32. The third-order valence-corrected chi connectivity index (χ3v) is 8.13. The normalized spacial score (nSPS) is 14.7. The Morgan fingerprint density at radius 1 is 0.930 bits per heavy atom. The quantitative estimate of drug-likeness (QED) is 0.129. The maximum atomic E-state index is 13.6. The number of carbonyl (C=O) groups is 4. The van der Waals surface area contributed by atoms with Gasteiger partial charge in [0.25, 0.3) is 0 Å². The van der Waals surface area contributed by atoms with Crippen molar-refractivity contribution < 1.29 is 29.4 Å². The highest BCUT2D eigenvalue weighted by Gasteiger charge is 2.32. The van der Waals surface area contributed by atoms with Gasteiger partial charge in [-0.3, -0.25) is 14.4 Å². The molecule has 3 rings (SSSR count). The number of carbonyl (C=O) groups excluding carboxylic acids is 3. The number of aromatic hydroxyl groups is 1. The van der Waals surface area contributed by atoms with Crippen molar-refractivity contribution in [3.05, 3.63) is 65.9 Å². The highest BCUT2D eigenvalue weighted by atomic mass is 32.2. The number of amides is 3. The van der Waals surface area contributed by atoms with E-state index in [1.54, 1.807) is 25.3 Å². The van der Waals surface area contributed by atoms with Gasteiger partial charge in [0.1, 0.15) is 23.9 Å². The minimum Gasteiger partial charge on any atom is -0.508 e. The van der Waals surface area contributed by atoms with Crippen LogP contribution in [0.3, 0.4) is 0 Å². The fraction of sp³-hybridized carbons (Fsp3) is 0.419. The molecule has 0 saturated carbocycles. The molecule has 1 heterocycles. The minimum atomic E-state index is -1.16. The van der Waals surface area contributed by atoms with E-state index in [0.717, 1.165) is 22.0 Å². The molecular formula is C31H41N5O6S. The number of aromatic nitrogens is 1. The molecule has 5 unspecified atom stereocenters. The number of aromatic amines is 1. The fourth-order valence-corrected chi connectivity index (χ4v) is 5.17. The van der Waals surface area contributed by atoms with Crippen LogP contribution < -0.4 is 21.7 Å². The van der Waals surface area contributed by atoms with Gasteiger partial charge in [0.05, 0.1) is 6.04 Å². The Morgan fingerprint density at radius 2 is 1.58 bits per heavy atom. The van der Waals surface area contributed by atoms with Gasteiger partial charge in [-0.2, -0.15) is 11.8 Å². The molecule has 5 atom stereocenters. The lowest BCUT2D eigenvalue weighted by Crippen LogP contribution is -2.58. The minimum absolute atomic E-state index is 0.0952. The first-order valence-corrected chi connectivity index (χ1v) is 15.6. The molecular weight excluding hydrogens is 570 g/mol. The number of phenolic OH excluding ortho intramolecular Hbond substituents is 1. The van der Waals surface area contributed by atoms with E-state index in [-0.39, 0.29) is 30.9 Å². The Morgan fingerprint density at radius 3 is 2.23 bits per heavy atom. The Kier molecular flexibility index (Phi) is 12.4. The summed E-state index contributed by atoms with van der Waals surface area (Å²) in [6.07, 6.45) is 4.75. The van der Waals surface area contributed by atoms with Crippen molar-refractivity contribution in [2.24, 2.45) is 11.7 Å². The zero-order chi connectivity index (χ0) is 31.5. The number of para-hydroxylation sites is 1. The van der Waals surface area contributed by atoms with Crippen LogP contribution in [0.25, 0.3) is 10.9 Å². The number of hydrogen-bond donors (Lipinski definition) is 7. The van der Waals surface area contributed by atoms with Gasteiger partial charge >= 0.3 is 5.97 Å². The number of fused-ring (bicyclic) bond motifs is 1. The van der Waals surface area contributed by atoms with E-state index in [4.69, 9.17) is 5.73 Å². The van der Waals surface area contributed by atoms with Crippen LogP contribution in [0.4, 0.5) is 0 Å². The molecule has 1 aromatic heterocycles. The van der Waals surface area contributed by atoms with Crippen molar-refractivity contribution >= 4 is 46.4 Å². The summed E-state index contributed by atoms with van der Waals surface area (Å²) in [5.74, 6) is -2.59. The zero-order valence-corrected chi connectivity index (χ0v) is 25.4. The second-order valence-corrected chi connectivity index (χ2v) is 11.6. The van der Waals surface area contributed by atoms with Crippen LogP contribution in [0.1, 0.15) is 37.8 Å². The molecule has 11 nitrogen and oxygen atoms in total. The number of H-pyrrole nitrogens is 1. The standard InChI is InChI=1S/C31H41N5O6S/c1-4-18(2)27(31(41)42)36-30(40)26(16-20-17-33-24-8-6-5-7-22(20)24)35-29(39)25(13-14-43-3)34-28(38)23(32)15-19-9-11-21(37)12-10-19/h5-12,17-18,23,25-27,33,37H,4,13-16,32H2,1-3H3,(H,34,38)(H,35,39)(H,36,40)(H,41,42). The number of carboxylic acid groups (broad SMARTS) is 1. The first-order valence-electron chi connectivity index (χ1n) is 14.2. The van der Waals surface area contributed by atoms with Crippen LogP contribution in [0.2, 0.25) is 0 Å². The Labute approximate surface area is 255 Å². The van der Waals surface area contributed by atoms with Gasteiger partial charge in [-0.05, 0) is 60.1 Å². The van der Waals surface area contributed by atoms with Gasteiger partial charge in [-0.25, -0.2) is 4.79 Å². The molecule has 0 fully saturated rings. The maximum absolute atomic E-state index is 13.6. The lowest BCUT2D eigenvalue weighted by Gasteiger charge is -2.26. The van der Waals surface area contributed by atoms with Gasteiger partial charge in [0, 0.05) is 23.5 Å². The van der Waals surface area contributed by atoms with E-state index in [9.17, 15) is 29.4 Å². The number of thioether (sulfide) groups is 1. The second kappa shape index (κ2) is 16.0. The smallest absolute Gasteiger partial charge is 0.326 e. The summed E-state index contributed by atoms with van der Waals surface area (Å²) in [6, 6.07) is 9.69. The van der Waals surface area contributed by atoms with E-state index in [2.05, 4.69) is 20.9 Å². The lowest BCUT2D eigenvalue weighted by atomic mass is 9.98. The molecule has 2 aromatic carbocycles. The molecule has 0 aliphatic rings. The third kappa shape index (κ3) is 9.48. The Bertz CT molecular complexity index is 1390. The summed E-state index contributed by atoms with van der Waals surface area (Å²) < 4.78 is 0. The van der Waals surface area contributed by atoms with Gasteiger partial charge < -0.3 is 36.9 Å². The SMILES string of the molecule is CCC(C)C(NC(=O)C(Cc1c[nH]c2ccccc12)NC(=O)C(CCSC)NC(=O)C(N)Cc1ccc(O)cc1)C(=O)O. The van der Waals surface area contributed by atoms with Gasteiger partial charge in [0.2, 0.25) is 17.7 Å². The summed E-state index contributed by atoms with van der Waals surface area (Å²) >= 11 is 1.50. The van der Waals surface area contributed by atoms with Crippen LogP contribution >= 0.6 is 11.8 Å². The predicted molar refractivity (Wildman–Crippen MR) is 168 cm³/mol. The molecule has 12 heteroatoms. The lowest BCUT2D eigenvalue weighted by molar-refractivity contribution is -0.143. The number of hydrogen-bond acceptors (Lipinski definition) is 7. The molecule has 8 N–H and O–H groups in total. The summed E-state index contributed by atoms with van der Waals surface area (Å²) in [6.45, 7) is 3.57. The van der Waals surface area contributed by atoms with E-state index in [0.29, 0.717) is 12.2 Å². The number of aliphatic carboxylic acids is 1. The van der Waals surface area contributed by atoms with Crippen molar-refractivity contribution in [3.63, 3.8) is 0 Å². The average Bonchev–Trinajstić information content (AvgIpc) is 3.40. The van der Waals surface area contributed by atoms with Crippen molar-refractivity contribution in [1.82, 2.24) is 20.9 Å². The number of benzene rings is 2. The Hall–Kier alpha value is -4.03. The molecule has 0 aliphatic carbocycles. The number of carboxylic acids is 1. The highest BCUT2D eigenvalue weighted by Crippen LogP contribution is 2.20. The van der Waals surface area contributed by atoms with Gasteiger partial charge in [-0.1, -0.05) is 50.6 Å². The topological polar surface area (TPSA) is 187 Å². The van der Waals surface area contributed by atoms with Crippen molar-refractivity contribution in [2.75, 3.05) is 12.0 Å². The highest BCUT2D eigenvalue weighted by molar-refractivity contribution is 7.98. The zero-order valence-electron chi connectivity index (χ0n) is 24.6. The van der Waals surface area contributed by atoms with Crippen LogP contribution in [0, 0.1) is 5.92 Å². The van der Waals surface area contributed by atoms with Crippen molar-refractivity contribution in [2.45, 2.75) is 63.7 Å². The molecule has 43 heavy (non-hydrogen) atoms. The average molecular weight is 612 g/mol. The molecule has 0 bridgehead atoms.